The Kier molecular flexibility index (Phi) is 4.37. The Morgan fingerprint density at radius 3 is 3.00 bits per heavy atom. The van der Waals surface area contributed by atoms with Gasteiger partial charge in [0.2, 0.25) is 0 Å². The highest BCUT2D eigenvalue weighted by Gasteiger charge is 2.12. The molecule has 0 aromatic heterocycles. The maximum atomic E-state index is 5.57. The van der Waals surface area contributed by atoms with E-state index < -0.39 is 0 Å². The zero-order valence-electron chi connectivity index (χ0n) is 8.18. The summed E-state index contributed by atoms with van der Waals surface area (Å²) in [7, 11) is 0. The second kappa shape index (κ2) is 5.36. The predicted octanol–water partition coefficient (Wildman–Crippen LogP) is 3.12. The van der Waals surface area contributed by atoms with Crippen LogP contribution in [0.3, 0.4) is 0 Å². The Labute approximate surface area is 75.8 Å². The number of ether oxygens (including phenoxy) is 1. The molecule has 0 aliphatic carbocycles. The molecule has 0 N–H and O–H groups in total. The summed E-state index contributed by atoms with van der Waals surface area (Å²) in [5.41, 5.74) is 1.41. The molecule has 1 aliphatic heterocycles. The van der Waals surface area contributed by atoms with Crippen LogP contribution in [0.1, 0.15) is 39.5 Å². The molecule has 1 aliphatic rings. The fraction of sp³-hybridized carbons (Fsp3) is 0.727. The van der Waals surface area contributed by atoms with Gasteiger partial charge in [-0.1, -0.05) is 11.6 Å². The standard InChI is InChI=1S/C11H19O/c1-10(2)6-5-8-11-7-3-4-9-12-11/h6-7,11H,3-5,8-9H2,1-2H3/t11-/m1/s1. The monoisotopic (exact) mass is 167 g/mol. The van der Waals surface area contributed by atoms with Gasteiger partial charge in [0.25, 0.3) is 0 Å². The summed E-state index contributed by atoms with van der Waals surface area (Å²) in [6, 6.07) is 0. The fourth-order valence-electron chi connectivity index (χ4n) is 1.43. The van der Waals surface area contributed by atoms with Crippen molar-refractivity contribution in [2.75, 3.05) is 6.61 Å². The second-order valence-electron chi connectivity index (χ2n) is 3.65. The van der Waals surface area contributed by atoms with Crippen molar-refractivity contribution in [3.05, 3.63) is 18.1 Å². The van der Waals surface area contributed by atoms with Gasteiger partial charge in [0.05, 0.1) is 6.10 Å². The smallest absolute Gasteiger partial charge is 0.0609 e. The zero-order valence-corrected chi connectivity index (χ0v) is 8.18. The van der Waals surface area contributed by atoms with Crippen molar-refractivity contribution >= 4 is 0 Å². The molecule has 0 unspecified atom stereocenters. The van der Waals surface area contributed by atoms with E-state index in [1.807, 2.05) is 0 Å². The van der Waals surface area contributed by atoms with Crippen LogP contribution in [0.2, 0.25) is 0 Å². The SMILES string of the molecule is CC(C)=CCC[C@H]1[CH]CCCO1. The van der Waals surface area contributed by atoms with Gasteiger partial charge in [0.15, 0.2) is 0 Å². The second-order valence-corrected chi connectivity index (χ2v) is 3.65. The molecule has 1 nitrogen and oxygen atoms in total. The lowest BCUT2D eigenvalue weighted by molar-refractivity contribution is 0.0448. The first-order valence-electron chi connectivity index (χ1n) is 4.87. The van der Waals surface area contributed by atoms with E-state index in [0.29, 0.717) is 6.10 Å². The molecule has 1 rings (SSSR count). The molecule has 1 fully saturated rings. The number of rotatable bonds is 3. The minimum absolute atomic E-state index is 0.425. The van der Waals surface area contributed by atoms with Crippen molar-refractivity contribution in [1.29, 1.82) is 0 Å². The summed E-state index contributed by atoms with van der Waals surface area (Å²) >= 11 is 0. The minimum atomic E-state index is 0.425. The first-order chi connectivity index (χ1) is 5.79. The highest BCUT2D eigenvalue weighted by Crippen LogP contribution is 2.16. The van der Waals surface area contributed by atoms with Crippen LogP contribution in [0.15, 0.2) is 11.6 Å². The Hall–Kier alpha value is -0.300. The summed E-state index contributed by atoms with van der Waals surface area (Å²) in [6.45, 7) is 5.24. The van der Waals surface area contributed by atoms with Gasteiger partial charge in [-0.2, -0.15) is 0 Å². The lowest BCUT2D eigenvalue weighted by Gasteiger charge is -2.21. The highest BCUT2D eigenvalue weighted by molar-refractivity contribution is 4.94. The van der Waals surface area contributed by atoms with Crippen LogP contribution in [0.5, 0.6) is 0 Å². The summed E-state index contributed by atoms with van der Waals surface area (Å²) in [4.78, 5) is 0. The molecule has 0 aromatic carbocycles. The molecule has 1 atom stereocenters. The minimum Gasteiger partial charge on any atom is -0.378 e. The van der Waals surface area contributed by atoms with Gasteiger partial charge < -0.3 is 4.74 Å². The summed E-state index contributed by atoms with van der Waals surface area (Å²) in [5, 5.41) is 0. The molecule has 1 heterocycles. The molecular weight excluding hydrogens is 148 g/mol. The Morgan fingerprint density at radius 2 is 2.42 bits per heavy atom. The maximum Gasteiger partial charge on any atom is 0.0609 e. The molecule has 0 amide bonds. The lowest BCUT2D eigenvalue weighted by atomic mass is 10.0. The number of hydrogen-bond donors (Lipinski definition) is 0. The number of hydrogen-bond acceptors (Lipinski definition) is 1. The van der Waals surface area contributed by atoms with E-state index in [4.69, 9.17) is 4.74 Å². The fourth-order valence-corrected chi connectivity index (χ4v) is 1.43. The summed E-state index contributed by atoms with van der Waals surface area (Å²) < 4.78 is 5.57. The summed E-state index contributed by atoms with van der Waals surface area (Å²) in [6.07, 6.45) is 9.77. The van der Waals surface area contributed by atoms with E-state index >= 15 is 0 Å². The quantitative estimate of drug-likeness (QED) is 0.587. The van der Waals surface area contributed by atoms with Crippen LogP contribution in [0.4, 0.5) is 0 Å². The van der Waals surface area contributed by atoms with Gasteiger partial charge in [0, 0.05) is 6.61 Å². The lowest BCUT2D eigenvalue weighted by Crippen LogP contribution is -2.19. The van der Waals surface area contributed by atoms with Crippen molar-refractivity contribution < 1.29 is 4.74 Å². The Morgan fingerprint density at radius 1 is 1.58 bits per heavy atom. The van der Waals surface area contributed by atoms with Crippen LogP contribution < -0.4 is 0 Å². The zero-order chi connectivity index (χ0) is 8.81. The molecular formula is C11H19O. The molecule has 1 radical (unpaired) electrons. The average molecular weight is 167 g/mol. The van der Waals surface area contributed by atoms with Gasteiger partial charge in [-0.3, -0.25) is 0 Å². The maximum absolute atomic E-state index is 5.57. The van der Waals surface area contributed by atoms with E-state index in [0.717, 1.165) is 19.4 Å². The van der Waals surface area contributed by atoms with Crippen molar-refractivity contribution in [1.82, 2.24) is 0 Å². The van der Waals surface area contributed by atoms with Crippen molar-refractivity contribution in [2.24, 2.45) is 0 Å². The van der Waals surface area contributed by atoms with Crippen molar-refractivity contribution in [2.45, 2.75) is 45.6 Å². The normalized spacial score (nSPS) is 23.7. The first-order valence-corrected chi connectivity index (χ1v) is 4.87. The molecule has 1 heteroatoms. The number of allylic oxidation sites excluding steroid dienone is 2. The van der Waals surface area contributed by atoms with Crippen LogP contribution in [-0.2, 0) is 4.74 Å². The molecule has 0 spiro atoms. The molecule has 1 saturated heterocycles. The molecule has 0 aromatic rings. The van der Waals surface area contributed by atoms with Crippen LogP contribution >= 0.6 is 0 Å². The van der Waals surface area contributed by atoms with Crippen molar-refractivity contribution in [3.8, 4) is 0 Å². The highest BCUT2D eigenvalue weighted by atomic mass is 16.5. The third-order valence-corrected chi connectivity index (χ3v) is 2.11. The summed E-state index contributed by atoms with van der Waals surface area (Å²) in [5.74, 6) is 0. The van der Waals surface area contributed by atoms with E-state index in [-0.39, 0.29) is 0 Å². The largest absolute Gasteiger partial charge is 0.378 e. The van der Waals surface area contributed by atoms with Gasteiger partial charge in [-0.05, 0) is 46.0 Å². The van der Waals surface area contributed by atoms with Gasteiger partial charge >= 0.3 is 0 Å². The van der Waals surface area contributed by atoms with Crippen molar-refractivity contribution in [3.63, 3.8) is 0 Å². The Balaban J connectivity index is 2.09. The van der Waals surface area contributed by atoms with E-state index in [1.165, 1.54) is 18.4 Å². The Bertz CT molecular complexity index is 139. The molecule has 69 valence electrons. The van der Waals surface area contributed by atoms with E-state index in [2.05, 4.69) is 26.3 Å². The van der Waals surface area contributed by atoms with E-state index in [9.17, 15) is 0 Å². The van der Waals surface area contributed by atoms with Gasteiger partial charge in [-0.25, -0.2) is 0 Å². The third-order valence-electron chi connectivity index (χ3n) is 2.11. The van der Waals surface area contributed by atoms with Crippen LogP contribution in [0, 0.1) is 6.42 Å². The van der Waals surface area contributed by atoms with Crippen LogP contribution in [0.25, 0.3) is 0 Å². The molecule has 12 heavy (non-hydrogen) atoms. The van der Waals surface area contributed by atoms with Gasteiger partial charge in [-0.15, -0.1) is 0 Å². The predicted molar refractivity (Wildman–Crippen MR) is 51.9 cm³/mol. The first kappa shape index (κ1) is 9.79. The third kappa shape index (κ3) is 3.91. The van der Waals surface area contributed by atoms with E-state index in [1.54, 1.807) is 0 Å². The van der Waals surface area contributed by atoms with Crippen LogP contribution in [-0.4, -0.2) is 12.7 Å². The average Bonchev–Trinajstić information content (AvgIpc) is 2.05. The van der Waals surface area contributed by atoms with Gasteiger partial charge in [0.1, 0.15) is 0 Å². The molecule has 0 saturated carbocycles. The molecule has 0 bridgehead atoms. The topological polar surface area (TPSA) is 9.23 Å².